The maximum Gasteiger partial charge on any atom is 0.224 e. The third-order valence-corrected chi connectivity index (χ3v) is 6.39. The predicted molar refractivity (Wildman–Crippen MR) is 108 cm³/mol. The van der Waals surface area contributed by atoms with Gasteiger partial charge in [-0.2, -0.15) is 0 Å². The van der Waals surface area contributed by atoms with Crippen LogP contribution in [0.3, 0.4) is 0 Å². The van der Waals surface area contributed by atoms with Crippen molar-refractivity contribution in [2.45, 2.75) is 51.2 Å². The largest absolute Gasteiger partial charge is 0.393 e. The number of para-hydroxylation sites is 1. The van der Waals surface area contributed by atoms with E-state index in [1.54, 1.807) is 0 Å². The molecule has 1 aromatic heterocycles. The zero-order valence-electron chi connectivity index (χ0n) is 16.4. The number of rotatable bonds is 5. The molecule has 3 N–H and O–H groups in total. The fraction of sp³-hybridized carbons (Fsp3) is 0.545. The highest BCUT2D eigenvalue weighted by Gasteiger charge is 2.35. The number of aliphatic hydroxyl groups is 1. The number of aromatic nitrogens is 1. The quantitative estimate of drug-likeness (QED) is 0.740. The van der Waals surface area contributed by atoms with Crippen molar-refractivity contribution in [3.8, 4) is 0 Å². The first-order valence-corrected chi connectivity index (χ1v) is 10.3. The molecule has 0 bridgehead atoms. The van der Waals surface area contributed by atoms with Gasteiger partial charge in [-0.15, -0.1) is 0 Å². The normalized spacial score (nSPS) is 27.4. The highest BCUT2D eigenvalue weighted by atomic mass is 16.3. The number of likely N-dealkylation sites (tertiary alicyclic amines) is 1. The van der Waals surface area contributed by atoms with Crippen molar-refractivity contribution in [2.24, 2.45) is 11.8 Å². The van der Waals surface area contributed by atoms with Crippen molar-refractivity contribution in [1.29, 1.82) is 0 Å². The number of fused-ring (bicyclic) bond motifs is 1. The highest BCUT2D eigenvalue weighted by molar-refractivity contribution is 5.89. The average molecular weight is 383 g/mol. The van der Waals surface area contributed by atoms with Gasteiger partial charge in [-0.05, 0) is 36.3 Å². The lowest BCUT2D eigenvalue weighted by Gasteiger charge is -2.20. The number of carbonyl (C=O) groups excluding carboxylic acids is 2. The molecule has 0 unspecified atom stereocenters. The number of aliphatic hydroxyl groups excluding tert-OH is 1. The van der Waals surface area contributed by atoms with Crippen LogP contribution in [0.5, 0.6) is 0 Å². The van der Waals surface area contributed by atoms with Crippen LogP contribution in [-0.2, 0) is 16.0 Å². The minimum atomic E-state index is -0.337. The maximum atomic E-state index is 12.6. The van der Waals surface area contributed by atoms with Crippen LogP contribution in [0.2, 0.25) is 0 Å². The van der Waals surface area contributed by atoms with E-state index in [1.165, 1.54) is 0 Å². The van der Waals surface area contributed by atoms with E-state index in [1.807, 2.05) is 35.4 Å². The summed E-state index contributed by atoms with van der Waals surface area (Å²) in [5.74, 6) is 0.413. The van der Waals surface area contributed by atoms with E-state index in [9.17, 15) is 14.7 Å². The lowest BCUT2D eigenvalue weighted by atomic mass is 10.0. The van der Waals surface area contributed by atoms with Crippen LogP contribution in [0.15, 0.2) is 30.5 Å². The number of amides is 2. The Morgan fingerprint density at radius 3 is 2.86 bits per heavy atom. The fourth-order valence-electron chi connectivity index (χ4n) is 4.68. The third-order valence-electron chi connectivity index (χ3n) is 6.39. The van der Waals surface area contributed by atoms with Crippen LogP contribution in [0, 0.1) is 11.8 Å². The number of carbonyl (C=O) groups is 2. The van der Waals surface area contributed by atoms with Crippen LogP contribution >= 0.6 is 0 Å². The van der Waals surface area contributed by atoms with Gasteiger partial charge < -0.3 is 20.3 Å². The van der Waals surface area contributed by atoms with Crippen LogP contribution in [0.4, 0.5) is 0 Å². The number of nitrogens with zero attached hydrogens (tertiary/aromatic N) is 1. The summed E-state index contributed by atoms with van der Waals surface area (Å²) >= 11 is 0. The lowest BCUT2D eigenvalue weighted by Crippen LogP contribution is -2.41. The second kappa shape index (κ2) is 7.95. The van der Waals surface area contributed by atoms with Gasteiger partial charge in [0.2, 0.25) is 11.8 Å². The molecule has 1 aliphatic carbocycles. The molecule has 6 heteroatoms. The molecule has 0 radical (unpaired) electrons. The molecule has 2 heterocycles. The second-order valence-electron chi connectivity index (χ2n) is 8.45. The molecule has 2 amide bonds. The van der Waals surface area contributed by atoms with Crippen molar-refractivity contribution >= 4 is 22.7 Å². The van der Waals surface area contributed by atoms with E-state index < -0.39 is 0 Å². The molecule has 2 fully saturated rings. The zero-order chi connectivity index (χ0) is 19.7. The Balaban J connectivity index is 1.32. The Morgan fingerprint density at radius 1 is 1.25 bits per heavy atom. The lowest BCUT2D eigenvalue weighted by molar-refractivity contribution is -0.132. The minimum Gasteiger partial charge on any atom is -0.393 e. The standard InChI is InChI=1S/C22H29N3O3/c1-14-12-25(22(28)10-15-5-4-8-20(15)26)13-19(14)24-21(27)9-16-11-23-18-7-3-2-6-17(16)18/h2-3,6-7,11,14-15,19-20,23,26H,4-5,8-10,12-13H2,1H3,(H,24,27)/t14-,15+,19+,20-/m1/s1. The fourth-order valence-corrected chi connectivity index (χ4v) is 4.68. The van der Waals surface area contributed by atoms with E-state index in [0.29, 0.717) is 25.9 Å². The summed E-state index contributed by atoms with van der Waals surface area (Å²) in [7, 11) is 0. The molecular weight excluding hydrogens is 354 g/mol. The predicted octanol–water partition coefficient (Wildman–Crippen LogP) is 2.22. The van der Waals surface area contributed by atoms with Gasteiger partial charge in [-0.3, -0.25) is 9.59 Å². The van der Waals surface area contributed by atoms with Gasteiger partial charge in [0.1, 0.15) is 0 Å². The van der Waals surface area contributed by atoms with Gasteiger partial charge in [-0.25, -0.2) is 0 Å². The second-order valence-corrected chi connectivity index (χ2v) is 8.45. The van der Waals surface area contributed by atoms with Gasteiger partial charge in [0.25, 0.3) is 0 Å². The van der Waals surface area contributed by atoms with E-state index in [0.717, 1.165) is 35.7 Å². The number of benzene rings is 1. The molecular formula is C22H29N3O3. The van der Waals surface area contributed by atoms with E-state index >= 15 is 0 Å². The highest BCUT2D eigenvalue weighted by Crippen LogP contribution is 2.29. The number of hydrogen-bond acceptors (Lipinski definition) is 3. The molecule has 1 aromatic carbocycles. The summed E-state index contributed by atoms with van der Waals surface area (Å²) in [6, 6.07) is 7.95. The molecule has 1 aliphatic heterocycles. The first-order valence-electron chi connectivity index (χ1n) is 10.3. The third kappa shape index (κ3) is 3.92. The van der Waals surface area contributed by atoms with Crippen molar-refractivity contribution < 1.29 is 14.7 Å². The Hall–Kier alpha value is -2.34. The zero-order valence-corrected chi connectivity index (χ0v) is 16.4. The summed E-state index contributed by atoms with van der Waals surface area (Å²) in [5.41, 5.74) is 2.02. The number of H-pyrrole nitrogens is 1. The molecule has 28 heavy (non-hydrogen) atoms. The summed E-state index contributed by atoms with van der Waals surface area (Å²) in [6.07, 6.45) is 5.05. The molecule has 2 aliphatic rings. The SMILES string of the molecule is C[C@@H]1CN(C(=O)C[C@@H]2CCC[C@H]2O)C[C@@H]1NC(=O)Cc1c[nH]c2ccccc12. The van der Waals surface area contributed by atoms with Crippen molar-refractivity contribution in [1.82, 2.24) is 15.2 Å². The topological polar surface area (TPSA) is 85.4 Å². The maximum absolute atomic E-state index is 12.6. The summed E-state index contributed by atoms with van der Waals surface area (Å²) in [5, 5.41) is 14.2. The van der Waals surface area contributed by atoms with Gasteiger partial charge in [0, 0.05) is 36.6 Å². The molecule has 1 saturated carbocycles. The van der Waals surface area contributed by atoms with Gasteiger partial charge in [0.05, 0.1) is 18.6 Å². The van der Waals surface area contributed by atoms with Crippen molar-refractivity contribution in [3.05, 3.63) is 36.0 Å². The van der Waals surface area contributed by atoms with Crippen LogP contribution in [0.1, 0.15) is 38.2 Å². The first kappa shape index (κ1) is 19.0. The van der Waals surface area contributed by atoms with Crippen LogP contribution < -0.4 is 5.32 Å². The van der Waals surface area contributed by atoms with Crippen LogP contribution in [0.25, 0.3) is 10.9 Å². The smallest absolute Gasteiger partial charge is 0.224 e. The van der Waals surface area contributed by atoms with E-state index in [-0.39, 0.29) is 35.8 Å². The van der Waals surface area contributed by atoms with Crippen molar-refractivity contribution in [3.63, 3.8) is 0 Å². The molecule has 150 valence electrons. The Labute approximate surface area is 165 Å². The Kier molecular flexibility index (Phi) is 5.40. The number of hydrogen-bond donors (Lipinski definition) is 3. The van der Waals surface area contributed by atoms with Crippen molar-refractivity contribution in [2.75, 3.05) is 13.1 Å². The summed E-state index contributed by atoms with van der Waals surface area (Å²) in [6.45, 7) is 3.30. The molecule has 4 atom stereocenters. The summed E-state index contributed by atoms with van der Waals surface area (Å²) < 4.78 is 0. The Bertz CT molecular complexity index is 862. The van der Waals surface area contributed by atoms with Gasteiger partial charge in [0.15, 0.2) is 0 Å². The Morgan fingerprint density at radius 2 is 2.07 bits per heavy atom. The van der Waals surface area contributed by atoms with E-state index in [4.69, 9.17) is 0 Å². The summed E-state index contributed by atoms with van der Waals surface area (Å²) in [4.78, 5) is 30.3. The number of aromatic amines is 1. The average Bonchev–Trinajstić information content (AvgIpc) is 3.36. The first-order chi connectivity index (χ1) is 13.5. The molecule has 6 nitrogen and oxygen atoms in total. The molecule has 1 saturated heterocycles. The molecule has 0 spiro atoms. The minimum absolute atomic E-state index is 0.0119. The van der Waals surface area contributed by atoms with Crippen LogP contribution in [-0.4, -0.2) is 52.0 Å². The number of nitrogens with one attached hydrogen (secondary N) is 2. The molecule has 4 rings (SSSR count). The molecule has 2 aromatic rings. The monoisotopic (exact) mass is 383 g/mol. The van der Waals surface area contributed by atoms with Gasteiger partial charge >= 0.3 is 0 Å². The van der Waals surface area contributed by atoms with Gasteiger partial charge in [-0.1, -0.05) is 31.5 Å². The van der Waals surface area contributed by atoms with E-state index in [2.05, 4.69) is 17.2 Å².